The second-order valence-electron chi connectivity index (χ2n) is 7.76. The summed E-state index contributed by atoms with van der Waals surface area (Å²) < 4.78 is 28.2. The van der Waals surface area contributed by atoms with Crippen LogP contribution in [-0.4, -0.2) is 36.2 Å². The number of benzene rings is 2. The standard InChI is InChI=1S/C24H24N2O4S/c1-18-7-2-3-10-22(18)19-8-6-9-20(15-19)23(27)17-25-16-21(11-12-24(25)28)31(29,30)26-13-4-5-14-26/h2-3,6-12,15-16H,4-5,13-14,17H2,1H3. The molecule has 4 rings (SSSR count). The lowest BCUT2D eigenvalue weighted by Gasteiger charge is -2.16. The maximum absolute atomic E-state index is 12.9. The second-order valence-corrected chi connectivity index (χ2v) is 9.70. The summed E-state index contributed by atoms with van der Waals surface area (Å²) >= 11 is 0. The van der Waals surface area contributed by atoms with Gasteiger partial charge in [0.15, 0.2) is 5.78 Å². The molecule has 7 heteroatoms. The first-order valence-electron chi connectivity index (χ1n) is 10.3. The van der Waals surface area contributed by atoms with Crippen LogP contribution in [0.3, 0.4) is 0 Å². The molecular formula is C24H24N2O4S. The van der Waals surface area contributed by atoms with Crippen LogP contribution in [0, 0.1) is 6.92 Å². The van der Waals surface area contributed by atoms with Crippen LogP contribution in [0.15, 0.2) is 76.6 Å². The molecule has 0 aliphatic carbocycles. The van der Waals surface area contributed by atoms with E-state index in [9.17, 15) is 18.0 Å². The average molecular weight is 437 g/mol. The molecule has 0 saturated carbocycles. The van der Waals surface area contributed by atoms with E-state index in [2.05, 4.69) is 0 Å². The van der Waals surface area contributed by atoms with E-state index in [4.69, 9.17) is 0 Å². The molecule has 0 unspecified atom stereocenters. The number of hydrogen-bond acceptors (Lipinski definition) is 4. The Morgan fingerprint density at radius 3 is 2.45 bits per heavy atom. The molecule has 6 nitrogen and oxygen atoms in total. The van der Waals surface area contributed by atoms with Crippen LogP contribution >= 0.6 is 0 Å². The summed E-state index contributed by atoms with van der Waals surface area (Å²) in [5.41, 5.74) is 3.11. The molecule has 1 saturated heterocycles. The van der Waals surface area contributed by atoms with Crippen molar-refractivity contribution in [2.24, 2.45) is 0 Å². The topological polar surface area (TPSA) is 76.5 Å². The largest absolute Gasteiger partial charge is 0.306 e. The molecule has 1 aromatic heterocycles. The zero-order chi connectivity index (χ0) is 22.0. The Hall–Kier alpha value is -3.03. The van der Waals surface area contributed by atoms with E-state index in [1.54, 1.807) is 12.1 Å². The summed E-state index contributed by atoms with van der Waals surface area (Å²) in [6.07, 6.45) is 2.93. The highest BCUT2D eigenvalue weighted by Gasteiger charge is 2.27. The molecule has 0 radical (unpaired) electrons. The van der Waals surface area contributed by atoms with Crippen molar-refractivity contribution in [2.75, 3.05) is 13.1 Å². The van der Waals surface area contributed by atoms with Crippen molar-refractivity contribution in [3.8, 4) is 11.1 Å². The van der Waals surface area contributed by atoms with Crippen molar-refractivity contribution in [2.45, 2.75) is 31.2 Å². The van der Waals surface area contributed by atoms with Gasteiger partial charge in [0.05, 0.1) is 11.4 Å². The number of carbonyl (C=O) groups is 1. The fourth-order valence-electron chi connectivity index (χ4n) is 3.87. The number of ketones is 1. The van der Waals surface area contributed by atoms with Crippen molar-refractivity contribution in [1.29, 1.82) is 0 Å². The van der Waals surface area contributed by atoms with E-state index in [1.807, 2.05) is 43.3 Å². The molecule has 2 aromatic carbocycles. The summed E-state index contributed by atoms with van der Waals surface area (Å²) in [6.45, 7) is 2.74. The van der Waals surface area contributed by atoms with Crippen LogP contribution in [0.5, 0.6) is 0 Å². The normalized spacial score (nSPS) is 14.6. The third-order valence-electron chi connectivity index (χ3n) is 5.61. The van der Waals surface area contributed by atoms with E-state index in [0.717, 1.165) is 29.5 Å². The molecule has 0 atom stereocenters. The number of pyridine rings is 1. The zero-order valence-corrected chi connectivity index (χ0v) is 18.1. The molecule has 0 amide bonds. The van der Waals surface area contributed by atoms with Crippen molar-refractivity contribution in [3.63, 3.8) is 0 Å². The lowest BCUT2D eigenvalue weighted by Crippen LogP contribution is -2.30. The van der Waals surface area contributed by atoms with Crippen LogP contribution in [-0.2, 0) is 16.6 Å². The molecule has 1 fully saturated rings. The molecule has 0 spiro atoms. The van der Waals surface area contributed by atoms with Gasteiger partial charge in [0.2, 0.25) is 10.0 Å². The van der Waals surface area contributed by atoms with Gasteiger partial charge in [-0.2, -0.15) is 4.31 Å². The van der Waals surface area contributed by atoms with Gasteiger partial charge in [0.25, 0.3) is 5.56 Å². The van der Waals surface area contributed by atoms with Crippen LogP contribution in [0.2, 0.25) is 0 Å². The number of hydrogen-bond donors (Lipinski definition) is 0. The van der Waals surface area contributed by atoms with E-state index in [1.165, 1.54) is 27.2 Å². The van der Waals surface area contributed by atoms with E-state index < -0.39 is 15.6 Å². The van der Waals surface area contributed by atoms with Crippen LogP contribution in [0.25, 0.3) is 11.1 Å². The van der Waals surface area contributed by atoms with Gasteiger partial charge in [-0.05, 0) is 48.6 Å². The predicted molar refractivity (Wildman–Crippen MR) is 120 cm³/mol. The van der Waals surface area contributed by atoms with Gasteiger partial charge in [-0.15, -0.1) is 0 Å². The van der Waals surface area contributed by atoms with Gasteiger partial charge in [0, 0.05) is 30.9 Å². The van der Waals surface area contributed by atoms with Gasteiger partial charge in [-0.1, -0.05) is 42.5 Å². The van der Waals surface area contributed by atoms with Crippen molar-refractivity contribution < 1.29 is 13.2 Å². The Balaban J connectivity index is 1.61. The minimum Gasteiger partial charge on any atom is -0.306 e. The van der Waals surface area contributed by atoms with Crippen LogP contribution in [0.4, 0.5) is 0 Å². The molecule has 31 heavy (non-hydrogen) atoms. The first-order chi connectivity index (χ1) is 14.9. The van der Waals surface area contributed by atoms with Gasteiger partial charge < -0.3 is 4.57 Å². The van der Waals surface area contributed by atoms with Gasteiger partial charge in [0.1, 0.15) is 0 Å². The highest BCUT2D eigenvalue weighted by Crippen LogP contribution is 2.24. The minimum atomic E-state index is -3.66. The monoisotopic (exact) mass is 436 g/mol. The van der Waals surface area contributed by atoms with Crippen LogP contribution < -0.4 is 5.56 Å². The predicted octanol–water partition coefficient (Wildman–Crippen LogP) is 3.49. The van der Waals surface area contributed by atoms with E-state index in [0.29, 0.717) is 18.7 Å². The smallest absolute Gasteiger partial charge is 0.251 e. The molecule has 0 bridgehead atoms. The number of carbonyl (C=O) groups excluding carboxylic acids is 1. The number of nitrogens with zero attached hydrogens (tertiary/aromatic N) is 2. The number of Topliss-reactive ketones (excluding diaryl/α,β-unsaturated/α-hetero) is 1. The average Bonchev–Trinajstić information content (AvgIpc) is 3.31. The summed E-state index contributed by atoms with van der Waals surface area (Å²) in [6, 6.07) is 17.7. The Bertz CT molecular complexity index is 1290. The Morgan fingerprint density at radius 1 is 0.968 bits per heavy atom. The van der Waals surface area contributed by atoms with Crippen molar-refractivity contribution in [1.82, 2.24) is 8.87 Å². The summed E-state index contributed by atoms with van der Waals surface area (Å²) in [7, 11) is -3.66. The molecule has 3 aromatic rings. The first-order valence-corrected chi connectivity index (χ1v) is 11.7. The summed E-state index contributed by atoms with van der Waals surface area (Å²) in [4.78, 5) is 25.3. The highest BCUT2D eigenvalue weighted by molar-refractivity contribution is 7.89. The minimum absolute atomic E-state index is 0.0375. The molecule has 0 N–H and O–H groups in total. The summed E-state index contributed by atoms with van der Waals surface area (Å²) in [5.74, 6) is -0.256. The third-order valence-corrected chi connectivity index (χ3v) is 7.50. The fourth-order valence-corrected chi connectivity index (χ4v) is 5.40. The fraction of sp³-hybridized carbons (Fsp3) is 0.250. The summed E-state index contributed by atoms with van der Waals surface area (Å²) in [5, 5.41) is 0. The molecular weight excluding hydrogens is 412 g/mol. The quantitative estimate of drug-likeness (QED) is 0.554. The molecule has 1 aliphatic rings. The van der Waals surface area contributed by atoms with Gasteiger partial charge >= 0.3 is 0 Å². The number of rotatable bonds is 6. The molecule has 160 valence electrons. The Labute approximate surface area is 181 Å². The number of aromatic nitrogens is 1. The van der Waals surface area contributed by atoms with Crippen molar-refractivity contribution in [3.05, 3.63) is 88.3 Å². The molecule has 2 heterocycles. The lowest BCUT2D eigenvalue weighted by molar-refractivity contribution is 0.0970. The molecule has 1 aliphatic heterocycles. The first kappa shape index (κ1) is 21.2. The van der Waals surface area contributed by atoms with Crippen molar-refractivity contribution >= 4 is 15.8 Å². The highest BCUT2D eigenvalue weighted by atomic mass is 32.2. The SMILES string of the molecule is Cc1ccccc1-c1cccc(C(=O)Cn2cc(S(=O)(=O)N3CCCC3)ccc2=O)c1. The second kappa shape index (κ2) is 8.61. The maximum Gasteiger partial charge on any atom is 0.251 e. The van der Waals surface area contributed by atoms with Gasteiger partial charge in [-0.3, -0.25) is 9.59 Å². The lowest BCUT2D eigenvalue weighted by atomic mass is 9.98. The van der Waals surface area contributed by atoms with Gasteiger partial charge in [-0.25, -0.2) is 8.42 Å². The number of aryl methyl sites for hydroxylation is 1. The zero-order valence-electron chi connectivity index (χ0n) is 17.3. The maximum atomic E-state index is 12.9. The third kappa shape index (κ3) is 4.38. The van der Waals surface area contributed by atoms with E-state index >= 15 is 0 Å². The van der Waals surface area contributed by atoms with E-state index in [-0.39, 0.29) is 17.2 Å². The Morgan fingerprint density at radius 2 is 1.71 bits per heavy atom. The Kier molecular flexibility index (Phi) is 5.89. The number of sulfonamides is 1. The van der Waals surface area contributed by atoms with Crippen LogP contribution in [0.1, 0.15) is 28.8 Å².